The van der Waals surface area contributed by atoms with E-state index in [0.29, 0.717) is 22.1 Å². The fraction of sp³-hybridized carbons (Fsp3) is 0. The number of hydrogen-bond acceptors (Lipinski definition) is 5. The van der Waals surface area contributed by atoms with Crippen molar-refractivity contribution in [1.29, 1.82) is 0 Å². The Balaban J connectivity index is 1.49. The van der Waals surface area contributed by atoms with Gasteiger partial charge in [-0.2, -0.15) is 9.97 Å². The molecule has 0 aliphatic carbocycles. The number of benzene rings is 5. The van der Waals surface area contributed by atoms with Crippen LogP contribution in [0, 0.1) is 0 Å². The third kappa shape index (κ3) is 3.51. The SMILES string of the molecule is [2H]c1c([2H])c([2H])c(-c2c([2H])c([2H])c3oc4c([2H])c([2H])c([2H])c(-c5nc(Cl)nc(-c6cccc7oc8ccccc8c67)n5)c4c3c2[2H])c([2H])c1[2H]. The number of fused-ring (bicyclic) bond motifs is 6. The summed E-state index contributed by atoms with van der Waals surface area (Å²) < 4.78 is 106. The molecule has 0 saturated carbocycles. The minimum Gasteiger partial charge on any atom is -0.456 e. The molecular weight excluding hydrogens is 506 g/mol. The summed E-state index contributed by atoms with van der Waals surface area (Å²) in [5.41, 5.74) is -0.0845. The minimum atomic E-state index is -0.697. The molecule has 0 radical (unpaired) electrons. The third-order valence-electron chi connectivity index (χ3n) is 6.30. The van der Waals surface area contributed by atoms with Crippen molar-refractivity contribution >= 4 is 55.5 Å². The maximum atomic E-state index is 9.26. The Morgan fingerprint density at radius 2 is 1.33 bits per heavy atom. The van der Waals surface area contributed by atoms with Crippen LogP contribution in [0.5, 0.6) is 0 Å². The maximum Gasteiger partial charge on any atom is 0.226 e. The standard InChI is InChI=1S/C33H18ClN3O2/c34-33-36-31(22-11-6-14-27-29(22)21-10-4-5-13-25(21)38-27)35-32(37-33)23-12-7-15-28-30(23)24-18-20(16-17-26(24)39-28)19-8-2-1-3-9-19/h1-18H/i1D,2D,3D,7D,8D,9D,12D,15D,16D,17D,18D. The van der Waals surface area contributed by atoms with E-state index < -0.39 is 77.6 Å². The van der Waals surface area contributed by atoms with E-state index in [0.717, 1.165) is 5.39 Å². The summed E-state index contributed by atoms with van der Waals surface area (Å²) in [6, 6.07) is 5.74. The first-order valence-corrected chi connectivity index (χ1v) is 12.0. The monoisotopic (exact) mass is 534 g/mol. The number of halogens is 1. The van der Waals surface area contributed by atoms with Crippen molar-refractivity contribution < 1.29 is 23.9 Å². The van der Waals surface area contributed by atoms with Gasteiger partial charge in [-0.3, -0.25) is 0 Å². The van der Waals surface area contributed by atoms with Crippen LogP contribution in [0.25, 0.3) is 77.8 Å². The molecule has 0 unspecified atom stereocenters. The highest BCUT2D eigenvalue weighted by molar-refractivity contribution is 6.28. The molecule has 0 N–H and O–H groups in total. The molecule has 0 fully saturated rings. The van der Waals surface area contributed by atoms with Crippen LogP contribution < -0.4 is 0 Å². The number of para-hydroxylation sites is 1. The van der Waals surface area contributed by atoms with Gasteiger partial charge in [-0.25, -0.2) is 4.98 Å². The molecule has 0 aliphatic rings. The molecule has 5 nitrogen and oxygen atoms in total. The van der Waals surface area contributed by atoms with E-state index in [1.165, 1.54) is 0 Å². The van der Waals surface area contributed by atoms with Gasteiger partial charge in [0.05, 0.1) is 15.1 Å². The zero-order valence-corrected chi connectivity index (χ0v) is 20.3. The Morgan fingerprint density at radius 3 is 2.23 bits per heavy atom. The first-order chi connectivity index (χ1) is 23.8. The molecule has 0 aliphatic heterocycles. The van der Waals surface area contributed by atoms with Crippen LogP contribution in [0.1, 0.15) is 15.1 Å². The van der Waals surface area contributed by atoms with E-state index in [1.54, 1.807) is 18.2 Å². The van der Waals surface area contributed by atoms with Crippen molar-refractivity contribution in [3.8, 4) is 33.9 Å². The summed E-state index contributed by atoms with van der Waals surface area (Å²) in [4.78, 5) is 13.3. The highest BCUT2D eigenvalue weighted by Gasteiger charge is 2.19. The van der Waals surface area contributed by atoms with Crippen molar-refractivity contribution in [2.75, 3.05) is 0 Å². The lowest BCUT2D eigenvalue weighted by molar-refractivity contribution is 0.668. The molecule has 184 valence electrons. The Labute approximate surface area is 242 Å². The van der Waals surface area contributed by atoms with E-state index in [2.05, 4.69) is 15.0 Å². The molecule has 39 heavy (non-hydrogen) atoms. The topological polar surface area (TPSA) is 65.0 Å². The van der Waals surface area contributed by atoms with Gasteiger partial charge in [-0.1, -0.05) is 78.7 Å². The number of furan rings is 2. The molecule has 6 heteroatoms. The zero-order valence-electron chi connectivity index (χ0n) is 30.6. The first kappa shape index (κ1) is 13.7. The lowest BCUT2D eigenvalue weighted by Crippen LogP contribution is -1.98. The highest BCUT2D eigenvalue weighted by atomic mass is 35.5. The van der Waals surface area contributed by atoms with E-state index in [1.807, 2.05) is 24.3 Å². The minimum absolute atomic E-state index is 0.0829. The van der Waals surface area contributed by atoms with Crippen LogP contribution in [0.2, 0.25) is 5.28 Å². The molecule has 0 atom stereocenters. The fourth-order valence-electron chi connectivity index (χ4n) is 4.66. The molecule has 8 rings (SSSR count). The lowest BCUT2D eigenvalue weighted by atomic mass is 10.0. The van der Waals surface area contributed by atoms with Gasteiger partial charge in [0.15, 0.2) is 11.6 Å². The lowest BCUT2D eigenvalue weighted by Gasteiger charge is -2.07. The predicted molar refractivity (Wildman–Crippen MR) is 156 cm³/mol. The molecule has 8 aromatic rings. The smallest absolute Gasteiger partial charge is 0.226 e. The van der Waals surface area contributed by atoms with Crippen LogP contribution in [0.3, 0.4) is 0 Å². The van der Waals surface area contributed by atoms with Crippen LogP contribution in [0.4, 0.5) is 0 Å². The average Bonchev–Trinajstić information content (AvgIpc) is 3.69. The summed E-state index contributed by atoms with van der Waals surface area (Å²) in [6.07, 6.45) is 0. The summed E-state index contributed by atoms with van der Waals surface area (Å²) >= 11 is 6.48. The third-order valence-corrected chi connectivity index (χ3v) is 6.47. The van der Waals surface area contributed by atoms with Crippen LogP contribution in [-0.4, -0.2) is 15.0 Å². The second kappa shape index (κ2) is 8.51. The maximum absolute atomic E-state index is 9.26. The molecular formula is C33H18ClN3O2. The first-order valence-electron chi connectivity index (χ1n) is 17.2. The second-order valence-corrected chi connectivity index (χ2v) is 8.88. The zero-order chi connectivity index (χ0) is 35.5. The number of nitrogens with zero attached hydrogens (tertiary/aromatic N) is 3. The molecule has 3 aromatic heterocycles. The van der Waals surface area contributed by atoms with E-state index in [4.69, 9.17) is 34.1 Å². The molecule has 5 aromatic carbocycles. The quantitative estimate of drug-likeness (QED) is 0.226. The summed E-state index contributed by atoms with van der Waals surface area (Å²) in [5.74, 6) is -0.138. The molecule has 0 bridgehead atoms. The number of hydrogen-bond donors (Lipinski definition) is 0. The second-order valence-electron chi connectivity index (χ2n) is 8.54. The summed E-state index contributed by atoms with van der Waals surface area (Å²) in [7, 11) is 0. The molecule has 0 amide bonds. The van der Waals surface area contributed by atoms with Gasteiger partial charge in [0.25, 0.3) is 0 Å². The van der Waals surface area contributed by atoms with E-state index >= 15 is 0 Å². The fourth-order valence-corrected chi connectivity index (χ4v) is 4.82. The van der Waals surface area contributed by atoms with Crippen LogP contribution in [-0.2, 0) is 0 Å². The van der Waals surface area contributed by atoms with Crippen molar-refractivity contribution in [2.45, 2.75) is 0 Å². The Morgan fingerprint density at radius 1 is 0.564 bits per heavy atom. The Kier molecular flexibility index (Phi) is 2.99. The van der Waals surface area contributed by atoms with Gasteiger partial charge >= 0.3 is 0 Å². The molecule has 0 spiro atoms. The van der Waals surface area contributed by atoms with Gasteiger partial charge < -0.3 is 8.83 Å². The summed E-state index contributed by atoms with van der Waals surface area (Å²) in [6.45, 7) is 0. The molecule has 3 heterocycles. The molecule has 0 saturated heterocycles. The van der Waals surface area contributed by atoms with Gasteiger partial charge in [-0.15, -0.1) is 0 Å². The van der Waals surface area contributed by atoms with Crippen LogP contribution >= 0.6 is 11.6 Å². The Hall–Kier alpha value is -5.00. The normalized spacial score (nSPS) is 15.7. The van der Waals surface area contributed by atoms with Gasteiger partial charge in [0.2, 0.25) is 5.28 Å². The van der Waals surface area contributed by atoms with Gasteiger partial charge in [-0.05, 0) is 53.0 Å². The Bertz CT molecular complexity index is 2790. The van der Waals surface area contributed by atoms with Crippen LogP contribution in [0.15, 0.2) is 118 Å². The van der Waals surface area contributed by atoms with Crippen molar-refractivity contribution in [2.24, 2.45) is 0 Å². The van der Waals surface area contributed by atoms with E-state index in [-0.39, 0.29) is 44.4 Å². The number of aromatic nitrogens is 3. The van der Waals surface area contributed by atoms with Crippen molar-refractivity contribution in [3.63, 3.8) is 0 Å². The summed E-state index contributed by atoms with van der Waals surface area (Å²) in [5, 5.41) is 0.847. The predicted octanol–water partition coefficient (Wildman–Crippen LogP) is 9.32. The van der Waals surface area contributed by atoms with Crippen molar-refractivity contribution in [1.82, 2.24) is 15.0 Å². The average molecular weight is 535 g/mol. The van der Waals surface area contributed by atoms with Gasteiger partial charge in [0, 0.05) is 32.7 Å². The highest BCUT2D eigenvalue weighted by Crippen LogP contribution is 2.39. The largest absolute Gasteiger partial charge is 0.456 e. The van der Waals surface area contributed by atoms with Gasteiger partial charge in [0.1, 0.15) is 22.3 Å². The number of rotatable bonds is 3. The van der Waals surface area contributed by atoms with E-state index in [9.17, 15) is 1.37 Å². The van der Waals surface area contributed by atoms with Crippen molar-refractivity contribution in [3.05, 3.63) is 114 Å².